The Bertz CT molecular complexity index is 1620. The normalized spacial score (nSPS) is 22.6. The van der Waals surface area contributed by atoms with Gasteiger partial charge in [-0.1, -0.05) is 29.8 Å². The van der Waals surface area contributed by atoms with Crippen molar-refractivity contribution in [2.24, 2.45) is 5.92 Å². The second-order valence-electron chi connectivity index (χ2n) is 10.5. The number of pyridine rings is 1. The van der Waals surface area contributed by atoms with Crippen LogP contribution in [0.3, 0.4) is 0 Å². The van der Waals surface area contributed by atoms with E-state index in [2.05, 4.69) is 39.9 Å². The van der Waals surface area contributed by atoms with E-state index in [0.29, 0.717) is 17.5 Å². The SMILES string of the molecule is COc1ncccc1NC(=O)NC1C[C@H]2CCC3=Cc4c(cnn4-c4ccc(F)cc4)C[C@@]32c2ccccc21.[HH].[HH]. The highest BCUT2D eigenvalue weighted by Gasteiger charge is 2.54. The summed E-state index contributed by atoms with van der Waals surface area (Å²) in [5.74, 6) is 0.505. The molecule has 1 unspecified atom stereocenters. The van der Waals surface area contributed by atoms with Gasteiger partial charge >= 0.3 is 6.03 Å². The summed E-state index contributed by atoms with van der Waals surface area (Å²) in [5, 5.41) is 10.8. The largest absolute Gasteiger partial charge is 0.480 e. The fourth-order valence-electron chi connectivity index (χ4n) is 6.98. The number of fused-ring (bicyclic) bond motifs is 2. The molecule has 0 bridgehead atoms. The zero-order valence-electron chi connectivity index (χ0n) is 21.5. The Morgan fingerprint density at radius 2 is 2.00 bits per heavy atom. The maximum Gasteiger partial charge on any atom is 0.319 e. The molecule has 4 aromatic rings. The van der Waals surface area contributed by atoms with E-state index in [-0.39, 0.29) is 26.2 Å². The van der Waals surface area contributed by atoms with Gasteiger partial charge in [-0.3, -0.25) is 0 Å². The lowest BCUT2D eigenvalue weighted by Crippen LogP contribution is -2.45. The Hall–Kier alpha value is -4.46. The Morgan fingerprint density at radius 1 is 1.15 bits per heavy atom. The number of hydrogen-bond acceptors (Lipinski definition) is 4. The quantitative estimate of drug-likeness (QED) is 0.320. The molecule has 2 aromatic heterocycles. The van der Waals surface area contributed by atoms with Gasteiger partial charge in [-0.25, -0.2) is 18.9 Å². The minimum atomic E-state index is -0.280. The number of aromatic nitrogens is 3. The summed E-state index contributed by atoms with van der Waals surface area (Å²) in [5.41, 5.74) is 7.40. The third-order valence-electron chi connectivity index (χ3n) is 8.62. The number of nitrogens with one attached hydrogen (secondary N) is 2. The third-order valence-corrected chi connectivity index (χ3v) is 8.62. The molecular weight excluding hydrogens is 493 g/mol. The number of benzene rings is 2. The van der Waals surface area contributed by atoms with Crippen LogP contribution in [0.5, 0.6) is 5.88 Å². The Labute approximate surface area is 228 Å². The third kappa shape index (κ3) is 3.73. The Balaban J connectivity index is 0.00000169. The van der Waals surface area contributed by atoms with Crippen LogP contribution in [0.2, 0.25) is 0 Å². The summed E-state index contributed by atoms with van der Waals surface area (Å²) in [6, 6.07) is 18.1. The summed E-state index contributed by atoms with van der Waals surface area (Å²) in [4.78, 5) is 17.3. The van der Waals surface area contributed by atoms with Crippen LogP contribution < -0.4 is 15.4 Å². The van der Waals surface area contributed by atoms with Gasteiger partial charge in [0.25, 0.3) is 0 Å². The molecule has 7 rings (SSSR count). The molecule has 1 fully saturated rings. The second-order valence-corrected chi connectivity index (χ2v) is 10.5. The fraction of sp³-hybridized carbons (Fsp3) is 0.258. The number of urea groups is 1. The molecule has 3 atom stereocenters. The first-order valence-corrected chi connectivity index (χ1v) is 13.3. The van der Waals surface area contributed by atoms with E-state index in [0.717, 1.165) is 42.6 Å². The zero-order valence-corrected chi connectivity index (χ0v) is 21.5. The maximum absolute atomic E-state index is 13.5. The number of carbonyl (C=O) groups excluding carboxylic acids is 1. The van der Waals surface area contributed by atoms with Crippen LogP contribution in [0, 0.1) is 11.7 Å². The van der Waals surface area contributed by atoms with E-state index in [9.17, 15) is 9.18 Å². The maximum atomic E-state index is 13.5. The molecule has 1 spiro atoms. The molecule has 2 aromatic carbocycles. The number of halogens is 1. The monoisotopic (exact) mass is 525 g/mol. The van der Waals surface area contributed by atoms with Crippen molar-refractivity contribution in [2.45, 2.75) is 37.1 Å². The van der Waals surface area contributed by atoms with Crippen molar-refractivity contribution in [3.05, 3.63) is 107 Å². The molecule has 2 amide bonds. The molecule has 0 aliphatic heterocycles. The van der Waals surface area contributed by atoms with Gasteiger partial charge in [-0.15, -0.1) is 0 Å². The molecule has 7 nitrogen and oxygen atoms in total. The van der Waals surface area contributed by atoms with Crippen LogP contribution in [-0.2, 0) is 11.8 Å². The minimum absolute atomic E-state index is 0. The highest BCUT2D eigenvalue weighted by molar-refractivity contribution is 5.90. The molecular formula is C31H32FN5O2. The number of allylic oxidation sites excluding steroid dienone is 1. The van der Waals surface area contributed by atoms with Crippen LogP contribution in [0.1, 0.15) is 50.5 Å². The molecule has 1 saturated carbocycles. The predicted molar refractivity (Wildman–Crippen MR) is 151 cm³/mol. The molecule has 3 aliphatic rings. The summed E-state index contributed by atoms with van der Waals surface area (Å²) >= 11 is 0. The highest BCUT2D eigenvalue weighted by Crippen LogP contribution is 2.60. The number of hydrogen-bond donors (Lipinski definition) is 2. The number of methoxy groups -OCH3 is 1. The number of amides is 2. The molecule has 0 saturated heterocycles. The van der Waals surface area contributed by atoms with Crippen LogP contribution >= 0.6 is 0 Å². The molecule has 8 heteroatoms. The van der Waals surface area contributed by atoms with Crippen molar-refractivity contribution < 1.29 is 16.8 Å². The van der Waals surface area contributed by atoms with Gasteiger partial charge in [-0.2, -0.15) is 5.10 Å². The topological polar surface area (TPSA) is 81.1 Å². The van der Waals surface area contributed by atoms with Gasteiger partial charge in [0.2, 0.25) is 5.88 Å². The average molecular weight is 526 g/mol. The molecule has 3 aliphatic carbocycles. The van der Waals surface area contributed by atoms with Crippen molar-refractivity contribution in [2.75, 3.05) is 12.4 Å². The van der Waals surface area contributed by atoms with Crippen molar-refractivity contribution in [3.63, 3.8) is 0 Å². The average Bonchev–Trinajstić information content (AvgIpc) is 3.54. The Morgan fingerprint density at radius 3 is 2.85 bits per heavy atom. The number of anilines is 1. The minimum Gasteiger partial charge on any atom is -0.480 e. The Kier molecular flexibility index (Phi) is 5.50. The van der Waals surface area contributed by atoms with Crippen LogP contribution in [0.25, 0.3) is 11.8 Å². The van der Waals surface area contributed by atoms with Crippen LogP contribution in [0.4, 0.5) is 14.9 Å². The smallest absolute Gasteiger partial charge is 0.319 e. The lowest BCUT2D eigenvalue weighted by molar-refractivity contribution is 0.232. The second kappa shape index (κ2) is 9.08. The number of rotatable bonds is 4. The first-order chi connectivity index (χ1) is 19.1. The van der Waals surface area contributed by atoms with E-state index in [1.807, 2.05) is 16.9 Å². The zero-order chi connectivity index (χ0) is 26.6. The standard InChI is InChI=1S/C31H28FN5O2.2H2/c1-39-29-26(7-4-14-33-29)35-30(38)36-27-15-20-8-9-21-16-28-19(17-31(20,21)25-6-3-2-5-24(25)27)18-34-37(28)23-12-10-22(32)11-13-23;;/h2-7,10-14,16,18,20,27H,8-9,15,17H2,1H3,(H2,35,36,38);2*1H/t20-,27?,31+;;/m1../s1. The molecule has 2 heterocycles. The van der Waals surface area contributed by atoms with Crippen LogP contribution in [-0.4, -0.2) is 27.9 Å². The number of nitrogens with zero attached hydrogens (tertiary/aromatic N) is 3. The number of ether oxygens (including phenoxy) is 1. The summed E-state index contributed by atoms with van der Waals surface area (Å²) in [6.07, 6.45) is 9.67. The van der Waals surface area contributed by atoms with E-state index < -0.39 is 0 Å². The first-order valence-electron chi connectivity index (χ1n) is 13.3. The van der Waals surface area contributed by atoms with Crippen molar-refractivity contribution in [1.82, 2.24) is 20.1 Å². The lowest BCUT2D eigenvalue weighted by atomic mass is 9.58. The summed E-state index contributed by atoms with van der Waals surface area (Å²) < 4.78 is 20.7. The highest BCUT2D eigenvalue weighted by atomic mass is 19.1. The lowest BCUT2D eigenvalue weighted by Gasteiger charge is -2.47. The summed E-state index contributed by atoms with van der Waals surface area (Å²) in [6.45, 7) is 0. The molecule has 200 valence electrons. The predicted octanol–water partition coefficient (Wildman–Crippen LogP) is 6.46. The van der Waals surface area contributed by atoms with Gasteiger partial charge in [-0.05, 0) is 90.8 Å². The van der Waals surface area contributed by atoms with E-state index in [4.69, 9.17) is 9.84 Å². The van der Waals surface area contributed by atoms with Crippen molar-refractivity contribution in [3.8, 4) is 11.6 Å². The fourth-order valence-corrected chi connectivity index (χ4v) is 6.98. The molecule has 39 heavy (non-hydrogen) atoms. The van der Waals surface area contributed by atoms with Crippen molar-refractivity contribution >= 4 is 17.8 Å². The molecule has 0 radical (unpaired) electrons. The van der Waals surface area contributed by atoms with E-state index in [1.165, 1.54) is 35.9 Å². The summed E-state index contributed by atoms with van der Waals surface area (Å²) in [7, 11) is 1.53. The molecule has 2 N–H and O–H groups in total. The van der Waals surface area contributed by atoms with Gasteiger partial charge in [0.1, 0.15) is 11.5 Å². The van der Waals surface area contributed by atoms with Gasteiger partial charge in [0.15, 0.2) is 0 Å². The van der Waals surface area contributed by atoms with Crippen LogP contribution in [0.15, 0.2) is 78.6 Å². The van der Waals surface area contributed by atoms with E-state index >= 15 is 0 Å². The van der Waals surface area contributed by atoms with E-state index in [1.54, 1.807) is 30.5 Å². The van der Waals surface area contributed by atoms with Gasteiger partial charge in [0.05, 0.1) is 30.7 Å². The number of carbonyl (C=O) groups is 1. The van der Waals surface area contributed by atoms with Gasteiger partial charge < -0.3 is 15.4 Å². The van der Waals surface area contributed by atoms with Gasteiger partial charge in [0, 0.05) is 14.5 Å². The first kappa shape index (κ1) is 23.6. The van der Waals surface area contributed by atoms with Crippen molar-refractivity contribution in [1.29, 1.82) is 0 Å².